The molecule has 5 rings (SSSR count). The maximum atomic E-state index is 13.0. The zero-order valence-corrected chi connectivity index (χ0v) is 20.9. The first-order valence-corrected chi connectivity index (χ1v) is 13.8. The molecule has 3 aromatic carbocycles. The topological polar surface area (TPSA) is 71.7 Å². The van der Waals surface area contributed by atoms with Crippen molar-refractivity contribution in [3.8, 4) is 0 Å². The lowest BCUT2D eigenvalue weighted by Crippen LogP contribution is -2.37. The minimum absolute atomic E-state index is 0.218. The summed E-state index contributed by atoms with van der Waals surface area (Å²) in [6, 6.07) is 18.5. The zero-order chi connectivity index (χ0) is 23.9. The molecule has 2 heterocycles. The fraction of sp³-hybridized carbons (Fsp3) is 0.308. The van der Waals surface area contributed by atoms with Gasteiger partial charge in [0.2, 0.25) is 10.0 Å². The Morgan fingerprint density at radius 2 is 1.74 bits per heavy atom. The maximum absolute atomic E-state index is 13.0. The van der Waals surface area contributed by atoms with Crippen LogP contribution in [0.4, 0.5) is 0 Å². The van der Waals surface area contributed by atoms with Crippen LogP contribution in [0.3, 0.4) is 0 Å². The summed E-state index contributed by atoms with van der Waals surface area (Å²) in [6.07, 6.45) is 1.74. The van der Waals surface area contributed by atoms with Crippen LogP contribution in [0.25, 0.3) is 21.0 Å². The van der Waals surface area contributed by atoms with E-state index in [0.717, 1.165) is 33.8 Å². The summed E-state index contributed by atoms with van der Waals surface area (Å²) >= 11 is 1.49. The summed E-state index contributed by atoms with van der Waals surface area (Å²) in [7, 11) is -3.55. The number of piperidine rings is 1. The zero-order valence-electron chi connectivity index (χ0n) is 19.3. The van der Waals surface area contributed by atoms with Gasteiger partial charge in [0.25, 0.3) is 5.91 Å². The van der Waals surface area contributed by atoms with Gasteiger partial charge in [0.15, 0.2) is 4.80 Å². The Morgan fingerprint density at radius 1 is 1.03 bits per heavy atom. The predicted molar refractivity (Wildman–Crippen MR) is 136 cm³/mol. The number of sulfonamides is 1. The van der Waals surface area contributed by atoms with E-state index in [2.05, 4.69) is 40.7 Å². The van der Waals surface area contributed by atoms with Gasteiger partial charge in [-0.25, -0.2) is 8.42 Å². The molecule has 0 saturated carbocycles. The molecule has 0 radical (unpaired) electrons. The summed E-state index contributed by atoms with van der Waals surface area (Å²) in [5, 5.41) is 2.28. The lowest BCUT2D eigenvalue weighted by molar-refractivity contribution is 0.0997. The molecule has 1 saturated heterocycles. The lowest BCUT2D eigenvalue weighted by atomic mass is 10.0. The molecule has 1 amide bonds. The molecule has 176 valence electrons. The number of carbonyl (C=O) groups is 1. The molecule has 0 aliphatic carbocycles. The van der Waals surface area contributed by atoms with Crippen molar-refractivity contribution in [2.75, 3.05) is 13.1 Å². The molecule has 0 N–H and O–H groups in total. The van der Waals surface area contributed by atoms with Crippen molar-refractivity contribution in [2.45, 2.75) is 38.1 Å². The summed E-state index contributed by atoms with van der Waals surface area (Å²) in [6.45, 7) is 5.95. The molecule has 1 aromatic heterocycles. The fourth-order valence-electron chi connectivity index (χ4n) is 4.52. The standard InChI is InChI=1S/C26H27N3O3S2/c1-3-29-24-22-7-5-4-6-19(22)10-13-23(24)33-26(29)27-25(30)20-8-11-21(12-9-20)34(31,32)28-16-14-18(2)15-17-28/h4-13,18H,3,14-17H2,1-2H3. The molecule has 1 aliphatic rings. The fourth-order valence-corrected chi connectivity index (χ4v) is 7.10. The van der Waals surface area contributed by atoms with Gasteiger partial charge in [-0.05, 0) is 61.4 Å². The second kappa shape index (κ2) is 9.09. The van der Waals surface area contributed by atoms with Crippen molar-refractivity contribution < 1.29 is 13.2 Å². The minimum Gasteiger partial charge on any atom is -0.316 e. The van der Waals surface area contributed by atoms with Crippen molar-refractivity contribution in [1.29, 1.82) is 0 Å². The van der Waals surface area contributed by atoms with Crippen LogP contribution in [0, 0.1) is 5.92 Å². The van der Waals surface area contributed by atoms with Gasteiger partial charge in [0, 0.05) is 30.6 Å². The highest BCUT2D eigenvalue weighted by molar-refractivity contribution is 7.89. The largest absolute Gasteiger partial charge is 0.316 e. The van der Waals surface area contributed by atoms with Gasteiger partial charge in [0.1, 0.15) is 0 Å². The van der Waals surface area contributed by atoms with Crippen molar-refractivity contribution in [2.24, 2.45) is 10.9 Å². The van der Waals surface area contributed by atoms with Crippen LogP contribution in [0.2, 0.25) is 0 Å². The van der Waals surface area contributed by atoms with E-state index in [4.69, 9.17) is 0 Å². The summed E-state index contributed by atoms with van der Waals surface area (Å²) in [5.41, 5.74) is 1.45. The Labute approximate surface area is 203 Å². The molecule has 8 heteroatoms. The number of amides is 1. The molecule has 34 heavy (non-hydrogen) atoms. The van der Waals surface area contributed by atoms with Crippen LogP contribution in [-0.2, 0) is 16.6 Å². The third-order valence-corrected chi connectivity index (χ3v) is 9.52. The van der Waals surface area contributed by atoms with Crippen LogP contribution in [-0.4, -0.2) is 36.3 Å². The molecule has 0 atom stereocenters. The molecule has 4 aromatic rings. The highest BCUT2D eigenvalue weighted by Gasteiger charge is 2.28. The number of fused-ring (bicyclic) bond motifs is 3. The normalized spacial score (nSPS) is 16.5. The number of benzene rings is 3. The monoisotopic (exact) mass is 493 g/mol. The second-order valence-electron chi connectivity index (χ2n) is 8.79. The molecule has 0 bridgehead atoms. The van der Waals surface area contributed by atoms with Crippen LogP contribution in [0.1, 0.15) is 37.0 Å². The third-order valence-electron chi connectivity index (χ3n) is 6.56. The van der Waals surface area contributed by atoms with Gasteiger partial charge in [-0.15, -0.1) is 0 Å². The number of aryl methyl sites for hydroxylation is 1. The van der Waals surface area contributed by atoms with E-state index in [-0.39, 0.29) is 10.8 Å². The highest BCUT2D eigenvalue weighted by atomic mass is 32.2. The van der Waals surface area contributed by atoms with E-state index in [1.54, 1.807) is 16.4 Å². The molecular formula is C26H27N3O3S2. The van der Waals surface area contributed by atoms with Gasteiger partial charge in [0.05, 0.1) is 15.1 Å². The Kier molecular flexibility index (Phi) is 6.14. The summed E-state index contributed by atoms with van der Waals surface area (Å²) < 4.78 is 30.6. The number of thiazole rings is 1. The van der Waals surface area contributed by atoms with Crippen LogP contribution in [0.5, 0.6) is 0 Å². The number of nitrogens with zero attached hydrogens (tertiary/aromatic N) is 3. The first-order valence-electron chi connectivity index (χ1n) is 11.6. The number of rotatable bonds is 4. The minimum atomic E-state index is -3.55. The predicted octanol–water partition coefficient (Wildman–Crippen LogP) is 5.04. The first kappa shape index (κ1) is 23.0. The van der Waals surface area contributed by atoms with Crippen molar-refractivity contribution in [3.63, 3.8) is 0 Å². The molecular weight excluding hydrogens is 466 g/mol. The Balaban J connectivity index is 1.47. The average molecular weight is 494 g/mol. The van der Waals surface area contributed by atoms with Crippen molar-refractivity contribution in [1.82, 2.24) is 8.87 Å². The average Bonchev–Trinajstić information content (AvgIpc) is 3.21. The van der Waals surface area contributed by atoms with E-state index in [1.165, 1.54) is 23.5 Å². The SMILES string of the molecule is CCn1c(=NC(=O)c2ccc(S(=O)(=O)N3CCC(C)CC3)cc2)sc2ccc3ccccc3c21. The number of hydrogen-bond acceptors (Lipinski definition) is 4. The molecule has 0 unspecified atom stereocenters. The summed E-state index contributed by atoms with van der Waals surface area (Å²) in [5.74, 6) is 0.166. The second-order valence-corrected chi connectivity index (χ2v) is 11.7. The Morgan fingerprint density at radius 3 is 2.44 bits per heavy atom. The number of hydrogen-bond donors (Lipinski definition) is 0. The molecule has 1 aliphatic heterocycles. The lowest BCUT2D eigenvalue weighted by Gasteiger charge is -2.29. The van der Waals surface area contributed by atoms with Crippen LogP contribution in [0.15, 0.2) is 70.6 Å². The van der Waals surface area contributed by atoms with Crippen LogP contribution >= 0.6 is 11.3 Å². The van der Waals surface area contributed by atoms with Gasteiger partial charge in [-0.2, -0.15) is 9.30 Å². The molecule has 1 fully saturated rings. The van der Waals surface area contributed by atoms with E-state index in [1.807, 2.05) is 19.1 Å². The maximum Gasteiger partial charge on any atom is 0.279 e. The van der Waals surface area contributed by atoms with Gasteiger partial charge in [-0.3, -0.25) is 4.79 Å². The van der Waals surface area contributed by atoms with Gasteiger partial charge in [-0.1, -0.05) is 48.6 Å². The number of aromatic nitrogens is 1. The van der Waals surface area contributed by atoms with E-state index < -0.39 is 10.0 Å². The van der Waals surface area contributed by atoms with E-state index in [0.29, 0.717) is 35.9 Å². The van der Waals surface area contributed by atoms with Gasteiger partial charge >= 0.3 is 0 Å². The quantitative estimate of drug-likeness (QED) is 0.400. The van der Waals surface area contributed by atoms with Gasteiger partial charge < -0.3 is 4.57 Å². The van der Waals surface area contributed by atoms with E-state index >= 15 is 0 Å². The first-order chi connectivity index (χ1) is 16.4. The smallest absolute Gasteiger partial charge is 0.279 e. The van der Waals surface area contributed by atoms with E-state index in [9.17, 15) is 13.2 Å². The van der Waals surface area contributed by atoms with Crippen LogP contribution < -0.4 is 4.80 Å². The highest BCUT2D eigenvalue weighted by Crippen LogP contribution is 2.27. The summed E-state index contributed by atoms with van der Waals surface area (Å²) in [4.78, 5) is 18.3. The number of carbonyl (C=O) groups excluding carboxylic acids is 1. The third kappa shape index (κ3) is 4.10. The van der Waals surface area contributed by atoms with Crippen molar-refractivity contribution in [3.05, 3.63) is 71.0 Å². The molecule has 0 spiro atoms. The van der Waals surface area contributed by atoms with Crippen molar-refractivity contribution >= 4 is 48.3 Å². The Bertz CT molecular complexity index is 1540. The Hall–Kier alpha value is -2.81. The molecule has 6 nitrogen and oxygen atoms in total.